The fourth-order valence-corrected chi connectivity index (χ4v) is 1.68. The van der Waals surface area contributed by atoms with Gasteiger partial charge in [0, 0.05) is 29.8 Å². The first-order chi connectivity index (χ1) is 7.33. The van der Waals surface area contributed by atoms with Gasteiger partial charge in [0.15, 0.2) is 0 Å². The minimum atomic E-state index is 0.407. The average Bonchev–Trinajstić information content (AvgIpc) is 2.63. The first kappa shape index (κ1) is 9.93. The van der Waals surface area contributed by atoms with Gasteiger partial charge < -0.3 is 9.78 Å². The molecule has 0 unspecified atom stereocenters. The number of pyridine rings is 1. The summed E-state index contributed by atoms with van der Waals surface area (Å²) in [5.74, 6) is 0. The van der Waals surface area contributed by atoms with E-state index in [4.69, 9.17) is 11.6 Å². The molecule has 2 aromatic rings. The third kappa shape index (κ3) is 1.92. The second-order valence-electron chi connectivity index (χ2n) is 3.07. The molecule has 0 aliphatic heterocycles. The summed E-state index contributed by atoms with van der Waals surface area (Å²) < 4.78 is 0. The zero-order chi connectivity index (χ0) is 10.7. The van der Waals surface area contributed by atoms with Gasteiger partial charge >= 0.3 is 0 Å². The Morgan fingerprint density at radius 3 is 3.20 bits per heavy atom. The van der Waals surface area contributed by atoms with Crippen molar-refractivity contribution in [2.24, 2.45) is 0 Å². The fraction of sp³-hybridized carbons (Fsp3) is 0.0909. The monoisotopic (exact) mass is 220 g/mol. The third-order valence-corrected chi connectivity index (χ3v) is 2.40. The molecule has 0 bridgehead atoms. The lowest BCUT2D eigenvalue weighted by molar-refractivity contribution is -0.107. The lowest BCUT2D eigenvalue weighted by Gasteiger charge is -1.93. The molecule has 15 heavy (non-hydrogen) atoms. The van der Waals surface area contributed by atoms with Gasteiger partial charge in [0.05, 0.1) is 5.02 Å². The van der Waals surface area contributed by atoms with Crippen LogP contribution in [0.25, 0.3) is 17.1 Å². The van der Waals surface area contributed by atoms with E-state index in [0.29, 0.717) is 11.4 Å². The van der Waals surface area contributed by atoms with Crippen molar-refractivity contribution in [2.45, 2.75) is 6.42 Å². The fourth-order valence-electron chi connectivity index (χ4n) is 1.42. The molecule has 0 saturated carbocycles. The van der Waals surface area contributed by atoms with E-state index < -0.39 is 0 Å². The van der Waals surface area contributed by atoms with Gasteiger partial charge in [0.2, 0.25) is 0 Å². The molecule has 2 aromatic heterocycles. The standard InChI is InChI=1S/C11H9ClN2O/c12-9-4-5-13-11-10(9)8(7-14-11)3-1-2-6-15/h1,3-7H,2H2,(H,13,14). The van der Waals surface area contributed by atoms with Crippen LogP contribution in [0.3, 0.4) is 0 Å². The van der Waals surface area contributed by atoms with Crippen LogP contribution in [-0.4, -0.2) is 16.3 Å². The molecule has 0 saturated heterocycles. The summed E-state index contributed by atoms with van der Waals surface area (Å²) >= 11 is 6.05. The van der Waals surface area contributed by atoms with Gasteiger partial charge in [-0.1, -0.05) is 23.8 Å². The molecule has 0 aliphatic rings. The maximum absolute atomic E-state index is 10.2. The molecule has 2 rings (SSSR count). The number of carbonyl (C=O) groups is 1. The Hall–Kier alpha value is -1.61. The number of aromatic amines is 1. The zero-order valence-corrected chi connectivity index (χ0v) is 8.66. The molecule has 3 nitrogen and oxygen atoms in total. The van der Waals surface area contributed by atoms with Crippen LogP contribution in [0.1, 0.15) is 12.0 Å². The van der Waals surface area contributed by atoms with Crippen molar-refractivity contribution in [3.8, 4) is 0 Å². The Labute approximate surface area is 91.8 Å². The Morgan fingerprint density at radius 1 is 1.53 bits per heavy atom. The van der Waals surface area contributed by atoms with E-state index >= 15 is 0 Å². The Balaban J connectivity index is 2.48. The number of hydrogen-bond acceptors (Lipinski definition) is 2. The van der Waals surface area contributed by atoms with Crippen LogP contribution < -0.4 is 0 Å². The highest BCUT2D eigenvalue weighted by Crippen LogP contribution is 2.25. The van der Waals surface area contributed by atoms with Crippen LogP contribution in [0.2, 0.25) is 5.02 Å². The number of nitrogens with zero attached hydrogens (tertiary/aromatic N) is 1. The number of carbonyl (C=O) groups excluding carboxylic acids is 1. The highest BCUT2D eigenvalue weighted by Gasteiger charge is 2.05. The smallest absolute Gasteiger partial charge is 0.139 e. The number of rotatable bonds is 3. The largest absolute Gasteiger partial charge is 0.345 e. The van der Waals surface area contributed by atoms with Crippen molar-refractivity contribution in [3.05, 3.63) is 35.1 Å². The van der Waals surface area contributed by atoms with E-state index in [1.165, 1.54) is 0 Å². The van der Waals surface area contributed by atoms with Gasteiger partial charge in [-0.3, -0.25) is 0 Å². The molecule has 76 valence electrons. The molecule has 2 heterocycles. The summed E-state index contributed by atoms with van der Waals surface area (Å²) in [6.07, 6.45) is 8.39. The first-order valence-electron chi connectivity index (χ1n) is 4.54. The van der Waals surface area contributed by atoms with Crippen molar-refractivity contribution >= 4 is 35.0 Å². The van der Waals surface area contributed by atoms with Gasteiger partial charge in [0.1, 0.15) is 11.9 Å². The number of hydrogen-bond donors (Lipinski definition) is 1. The summed E-state index contributed by atoms with van der Waals surface area (Å²) in [5, 5.41) is 1.55. The van der Waals surface area contributed by atoms with Crippen molar-refractivity contribution in [1.29, 1.82) is 0 Å². The number of allylic oxidation sites excluding steroid dienone is 1. The average molecular weight is 221 g/mol. The molecule has 0 amide bonds. The zero-order valence-electron chi connectivity index (χ0n) is 7.90. The van der Waals surface area contributed by atoms with Gasteiger partial charge in [-0.05, 0) is 6.07 Å². The van der Waals surface area contributed by atoms with Gasteiger partial charge in [-0.2, -0.15) is 0 Å². The molecule has 0 atom stereocenters. The predicted molar refractivity (Wildman–Crippen MR) is 60.8 cm³/mol. The second kappa shape index (κ2) is 4.28. The second-order valence-corrected chi connectivity index (χ2v) is 3.47. The minimum absolute atomic E-state index is 0.407. The first-order valence-corrected chi connectivity index (χ1v) is 4.92. The van der Waals surface area contributed by atoms with Crippen molar-refractivity contribution in [3.63, 3.8) is 0 Å². The highest BCUT2D eigenvalue weighted by atomic mass is 35.5. The molecule has 0 fully saturated rings. The van der Waals surface area contributed by atoms with Gasteiger partial charge in [-0.25, -0.2) is 4.98 Å². The van der Waals surface area contributed by atoms with E-state index in [1.807, 2.05) is 12.3 Å². The molecule has 0 spiro atoms. The van der Waals surface area contributed by atoms with E-state index in [2.05, 4.69) is 9.97 Å². The summed E-state index contributed by atoms with van der Waals surface area (Å²) in [5.41, 5.74) is 1.71. The Kier molecular flexibility index (Phi) is 2.83. The molecule has 0 aliphatic carbocycles. The molecule has 1 N–H and O–H groups in total. The predicted octanol–water partition coefficient (Wildman–Crippen LogP) is 2.82. The Morgan fingerprint density at radius 2 is 2.40 bits per heavy atom. The topological polar surface area (TPSA) is 45.8 Å². The molecule has 4 heteroatoms. The summed E-state index contributed by atoms with van der Waals surface area (Å²) in [6, 6.07) is 1.74. The van der Waals surface area contributed by atoms with Crippen LogP contribution in [0.5, 0.6) is 0 Å². The van der Waals surface area contributed by atoms with Crippen LogP contribution in [0, 0.1) is 0 Å². The number of halogens is 1. The molecular weight excluding hydrogens is 212 g/mol. The SMILES string of the molecule is O=CCC=Cc1c[nH]c2nccc(Cl)c12. The number of H-pyrrole nitrogens is 1. The third-order valence-electron chi connectivity index (χ3n) is 2.08. The van der Waals surface area contributed by atoms with E-state index in [1.54, 1.807) is 18.3 Å². The van der Waals surface area contributed by atoms with Gasteiger partial charge in [0.25, 0.3) is 0 Å². The summed E-state index contributed by atoms with van der Waals surface area (Å²) in [4.78, 5) is 17.3. The van der Waals surface area contributed by atoms with E-state index in [-0.39, 0.29) is 0 Å². The normalized spacial score (nSPS) is 11.3. The summed E-state index contributed by atoms with van der Waals surface area (Å²) in [7, 11) is 0. The van der Waals surface area contributed by atoms with Crippen molar-refractivity contribution < 1.29 is 4.79 Å². The molecule has 0 aromatic carbocycles. The van der Waals surface area contributed by atoms with E-state index in [9.17, 15) is 4.79 Å². The molecular formula is C11H9ClN2O. The number of nitrogens with one attached hydrogen (secondary N) is 1. The number of fused-ring (bicyclic) bond motifs is 1. The van der Waals surface area contributed by atoms with Crippen LogP contribution in [0.4, 0.5) is 0 Å². The molecule has 0 radical (unpaired) electrons. The van der Waals surface area contributed by atoms with Crippen LogP contribution >= 0.6 is 11.6 Å². The highest BCUT2D eigenvalue weighted by molar-refractivity contribution is 6.35. The minimum Gasteiger partial charge on any atom is -0.345 e. The Bertz CT molecular complexity index is 516. The number of aromatic nitrogens is 2. The lowest BCUT2D eigenvalue weighted by Crippen LogP contribution is -1.76. The lowest BCUT2D eigenvalue weighted by atomic mass is 10.2. The van der Waals surface area contributed by atoms with Crippen LogP contribution in [0.15, 0.2) is 24.5 Å². The maximum atomic E-state index is 10.2. The van der Waals surface area contributed by atoms with E-state index in [0.717, 1.165) is 22.9 Å². The van der Waals surface area contributed by atoms with Crippen molar-refractivity contribution in [2.75, 3.05) is 0 Å². The summed E-state index contributed by atoms with van der Waals surface area (Å²) in [6.45, 7) is 0. The number of aldehydes is 1. The quantitative estimate of drug-likeness (QED) is 0.809. The van der Waals surface area contributed by atoms with Gasteiger partial charge in [-0.15, -0.1) is 0 Å². The van der Waals surface area contributed by atoms with Crippen LogP contribution in [-0.2, 0) is 4.79 Å². The van der Waals surface area contributed by atoms with Crippen molar-refractivity contribution in [1.82, 2.24) is 9.97 Å². The maximum Gasteiger partial charge on any atom is 0.139 e.